The molecular formula is C14H9BrN4OS2. The number of fused-ring (bicyclic) bond motifs is 1. The highest BCUT2D eigenvalue weighted by Crippen LogP contribution is 2.16. The molecule has 0 bridgehead atoms. The SMILES string of the molecule is O=C(NC(=S)Nc1cccc(Br)c1)c1ccc2nsnc2c1. The van der Waals surface area contributed by atoms with Crippen LogP contribution in [0.25, 0.3) is 11.0 Å². The van der Waals surface area contributed by atoms with Crippen LogP contribution in [0.1, 0.15) is 10.4 Å². The zero-order valence-corrected chi connectivity index (χ0v) is 14.3. The van der Waals surface area contributed by atoms with Crippen molar-refractivity contribution in [3.05, 3.63) is 52.5 Å². The minimum absolute atomic E-state index is 0.236. The van der Waals surface area contributed by atoms with Crippen molar-refractivity contribution in [1.82, 2.24) is 14.1 Å². The highest BCUT2D eigenvalue weighted by Gasteiger charge is 2.10. The summed E-state index contributed by atoms with van der Waals surface area (Å²) in [6, 6.07) is 12.7. The van der Waals surface area contributed by atoms with Gasteiger partial charge in [-0.3, -0.25) is 10.1 Å². The van der Waals surface area contributed by atoms with E-state index in [1.807, 2.05) is 24.3 Å². The van der Waals surface area contributed by atoms with Gasteiger partial charge >= 0.3 is 0 Å². The normalized spacial score (nSPS) is 10.4. The van der Waals surface area contributed by atoms with Crippen molar-refractivity contribution in [3.8, 4) is 0 Å². The number of hydrogen-bond donors (Lipinski definition) is 2. The van der Waals surface area contributed by atoms with Gasteiger partial charge in [0.25, 0.3) is 5.91 Å². The minimum atomic E-state index is -0.289. The fourth-order valence-electron chi connectivity index (χ4n) is 1.83. The first-order valence-electron chi connectivity index (χ1n) is 6.22. The second-order valence-electron chi connectivity index (χ2n) is 4.39. The van der Waals surface area contributed by atoms with Crippen molar-refractivity contribution < 1.29 is 4.79 Å². The number of halogens is 1. The molecule has 1 amide bonds. The lowest BCUT2D eigenvalue weighted by Crippen LogP contribution is -2.34. The second kappa shape index (κ2) is 6.47. The molecule has 2 aromatic carbocycles. The average molecular weight is 393 g/mol. The number of nitrogens with zero attached hydrogens (tertiary/aromatic N) is 2. The lowest BCUT2D eigenvalue weighted by atomic mass is 10.2. The number of anilines is 1. The van der Waals surface area contributed by atoms with Crippen LogP contribution in [0.3, 0.4) is 0 Å². The molecular weight excluding hydrogens is 384 g/mol. The molecule has 22 heavy (non-hydrogen) atoms. The van der Waals surface area contributed by atoms with E-state index in [-0.39, 0.29) is 11.0 Å². The molecule has 8 heteroatoms. The minimum Gasteiger partial charge on any atom is -0.332 e. The molecule has 0 saturated heterocycles. The van der Waals surface area contributed by atoms with Gasteiger partial charge in [0.15, 0.2) is 5.11 Å². The van der Waals surface area contributed by atoms with Gasteiger partial charge in [0.1, 0.15) is 11.0 Å². The summed E-state index contributed by atoms with van der Waals surface area (Å²) >= 11 is 9.64. The first-order chi connectivity index (χ1) is 10.6. The van der Waals surface area contributed by atoms with Crippen LogP contribution >= 0.6 is 39.9 Å². The van der Waals surface area contributed by atoms with Gasteiger partial charge in [0.2, 0.25) is 0 Å². The third kappa shape index (κ3) is 3.46. The number of carbonyl (C=O) groups is 1. The van der Waals surface area contributed by atoms with Crippen LogP contribution < -0.4 is 10.6 Å². The van der Waals surface area contributed by atoms with Gasteiger partial charge in [0.05, 0.1) is 11.7 Å². The van der Waals surface area contributed by atoms with Gasteiger partial charge in [-0.1, -0.05) is 22.0 Å². The lowest BCUT2D eigenvalue weighted by Gasteiger charge is -2.09. The van der Waals surface area contributed by atoms with Crippen LogP contribution in [-0.4, -0.2) is 19.8 Å². The van der Waals surface area contributed by atoms with Crippen LogP contribution in [0.4, 0.5) is 5.69 Å². The van der Waals surface area contributed by atoms with Gasteiger partial charge in [-0.25, -0.2) is 0 Å². The Kier molecular flexibility index (Phi) is 4.41. The smallest absolute Gasteiger partial charge is 0.257 e. The molecule has 3 aromatic rings. The van der Waals surface area contributed by atoms with E-state index >= 15 is 0 Å². The quantitative estimate of drug-likeness (QED) is 0.652. The number of carbonyl (C=O) groups excluding carboxylic acids is 1. The third-order valence-corrected chi connectivity index (χ3v) is 4.08. The van der Waals surface area contributed by atoms with Crippen molar-refractivity contribution in [2.24, 2.45) is 0 Å². The zero-order chi connectivity index (χ0) is 15.5. The molecule has 0 aliphatic carbocycles. The van der Waals surface area contributed by atoms with E-state index < -0.39 is 0 Å². The summed E-state index contributed by atoms with van der Waals surface area (Å²) in [5, 5.41) is 5.84. The highest BCUT2D eigenvalue weighted by atomic mass is 79.9. The standard InChI is InChI=1S/C14H9BrN4OS2/c15-9-2-1-3-10(7-9)16-14(21)17-13(20)8-4-5-11-12(6-8)19-22-18-11/h1-7H,(H2,16,17,20,21). The van der Waals surface area contributed by atoms with E-state index in [0.717, 1.165) is 27.4 Å². The van der Waals surface area contributed by atoms with Crippen molar-refractivity contribution in [3.63, 3.8) is 0 Å². The van der Waals surface area contributed by atoms with Crippen LogP contribution in [0.2, 0.25) is 0 Å². The van der Waals surface area contributed by atoms with E-state index in [0.29, 0.717) is 11.1 Å². The van der Waals surface area contributed by atoms with E-state index in [9.17, 15) is 4.79 Å². The molecule has 1 aromatic heterocycles. The third-order valence-electron chi connectivity index (χ3n) is 2.83. The number of amides is 1. The summed E-state index contributed by atoms with van der Waals surface area (Å²) in [5.74, 6) is -0.289. The Labute approximate surface area is 144 Å². The van der Waals surface area contributed by atoms with Gasteiger partial charge in [0, 0.05) is 15.7 Å². The maximum Gasteiger partial charge on any atom is 0.257 e. The van der Waals surface area contributed by atoms with Crippen molar-refractivity contribution in [1.29, 1.82) is 0 Å². The Balaban J connectivity index is 1.69. The van der Waals surface area contributed by atoms with Crippen molar-refractivity contribution >= 4 is 67.6 Å². The molecule has 110 valence electrons. The van der Waals surface area contributed by atoms with E-state index in [1.165, 1.54) is 0 Å². The fraction of sp³-hybridized carbons (Fsp3) is 0. The summed E-state index contributed by atoms with van der Waals surface area (Å²) in [4.78, 5) is 12.2. The van der Waals surface area contributed by atoms with Crippen molar-refractivity contribution in [2.75, 3.05) is 5.32 Å². The predicted octanol–water partition coefficient (Wildman–Crippen LogP) is 3.58. The Hall–Kier alpha value is -1.90. The summed E-state index contributed by atoms with van der Waals surface area (Å²) in [6.45, 7) is 0. The number of thiocarbonyl (C=S) groups is 1. The number of rotatable bonds is 2. The van der Waals surface area contributed by atoms with Gasteiger partial charge in [-0.15, -0.1) is 0 Å². The molecule has 0 spiro atoms. The summed E-state index contributed by atoms with van der Waals surface area (Å²) in [6.07, 6.45) is 0. The Bertz CT molecular complexity index is 865. The van der Waals surface area contributed by atoms with Crippen LogP contribution in [-0.2, 0) is 0 Å². The maximum absolute atomic E-state index is 12.2. The molecule has 0 aliphatic heterocycles. The summed E-state index contributed by atoms with van der Waals surface area (Å²) in [5.41, 5.74) is 2.75. The number of benzene rings is 2. The number of nitrogens with one attached hydrogen (secondary N) is 2. The fourth-order valence-corrected chi connectivity index (χ4v) is 2.95. The molecule has 1 heterocycles. The van der Waals surface area contributed by atoms with Crippen LogP contribution in [0.15, 0.2) is 46.9 Å². The molecule has 0 aliphatic rings. The topological polar surface area (TPSA) is 66.9 Å². The molecule has 0 atom stereocenters. The predicted molar refractivity (Wildman–Crippen MR) is 95.2 cm³/mol. The summed E-state index contributed by atoms with van der Waals surface area (Å²) < 4.78 is 9.14. The van der Waals surface area contributed by atoms with Crippen molar-refractivity contribution in [2.45, 2.75) is 0 Å². The largest absolute Gasteiger partial charge is 0.332 e. The Morgan fingerprint density at radius 3 is 2.77 bits per heavy atom. The first-order valence-corrected chi connectivity index (χ1v) is 8.15. The Morgan fingerprint density at radius 2 is 1.95 bits per heavy atom. The molecule has 0 radical (unpaired) electrons. The highest BCUT2D eigenvalue weighted by molar-refractivity contribution is 9.10. The monoisotopic (exact) mass is 392 g/mol. The number of aromatic nitrogens is 2. The molecule has 3 rings (SSSR count). The maximum atomic E-state index is 12.2. The van der Waals surface area contributed by atoms with Crippen LogP contribution in [0.5, 0.6) is 0 Å². The molecule has 0 unspecified atom stereocenters. The summed E-state index contributed by atoms with van der Waals surface area (Å²) in [7, 11) is 0. The molecule has 2 N–H and O–H groups in total. The van der Waals surface area contributed by atoms with E-state index in [4.69, 9.17) is 12.2 Å². The van der Waals surface area contributed by atoms with Gasteiger partial charge in [-0.2, -0.15) is 8.75 Å². The second-order valence-corrected chi connectivity index (χ2v) is 6.24. The average Bonchev–Trinajstić information content (AvgIpc) is 2.94. The zero-order valence-electron chi connectivity index (χ0n) is 11.0. The lowest BCUT2D eigenvalue weighted by molar-refractivity contribution is 0.0978. The Morgan fingerprint density at radius 1 is 1.14 bits per heavy atom. The molecule has 5 nitrogen and oxygen atoms in total. The van der Waals surface area contributed by atoms with Gasteiger partial charge in [-0.05, 0) is 48.6 Å². The van der Waals surface area contributed by atoms with E-state index in [1.54, 1.807) is 18.2 Å². The molecule has 0 saturated carbocycles. The number of hydrogen-bond acceptors (Lipinski definition) is 5. The molecule has 0 fully saturated rings. The van der Waals surface area contributed by atoms with Crippen LogP contribution in [0, 0.1) is 0 Å². The van der Waals surface area contributed by atoms with E-state index in [2.05, 4.69) is 35.3 Å². The van der Waals surface area contributed by atoms with Gasteiger partial charge < -0.3 is 5.32 Å². The first kappa shape index (κ1) is 15.0.